The van der Waals surface area contributed by atoms with Crippen molar-refractivity contribution >= 4 is 5.97 Å². The van der Waals surface area contributed by atoms with Gasteiger partial charge in [0.15, 0.2) is 11.5 Å². The molecule has 0 aliphatic rings. The topological polar surface area (TPSA) is 143 Å². The van der Waals surface area contributed by atoms with Gasteiger partial charge in [-0.25, -0.2) is 4.79 Å². The maximum absolute atomic E-state index is 11.3. The van der Waals surface area contributed by atoms with Crippen molar-refractivity contribution < 1.29 is 24.1 Å². The normalized spacial score (nSPS) is 10.5. The average molecular weight is 341 g/mol. The number of carbonyl (C=O) groups is 1. The Labute approximate surface area is 141 Å². The number of hydrogen-bond acceptors (Lipinski definition) is 7. The van der Waals surface area contributed by atoms with Gasteiger partial charge < -0.3 is 36.5 Å². The summed E-state index contributed by atoms with van der Waals surface area (Å²) < 4.78 is 17.0. The Morgan fingerprint density at radius 3 is 1.62 bits per heavy atom. The highest BCUT2D eigenvalue weighted by atomic mass is 16.5. The number of rotatable bonds is 13. The van der Waals surface area contributed by atoms with Gasteiger partial charge in [0.1, 0.15) is 0 Å². The summed E-state index contributed by atoms with van der Waals surface area (Å²) in [5.74, 6) is -0.0513. The third-order valence-electron chi connectivity index (χ3n) is 3.07. The minimum atomic E-state index is -1.07. The lowest BCUT2D eigenvalue weighted by Crippen LogP contribution is -2.12. The Kier molecular flexibility index (Phi) is 9.59. The molecule has 0 radical (unpaired) electrons. The molecule has 136 valence electrons. The first-order valence-electron chi connectivity index (χ1n) is 8.04. The Hall–Kier alpha value is -2.03. The van der Waals surface area contributed by atoms with Crippen LogP contribution in [-0.2, 0) is 0 Å². The molecule has 0 aliphatic heterocycles. The fraction of sp³-hybridized carbons (Fsp3) is 0.562. The lowest BCUT2D eigenvalue weighted by molar-refractivity contribution is 0.0695. The van der Waals surface area contributed by atoms with Gasteiger partial charge in [0.05, 0.1) is 25.4 Å². The van der Waals surface area contributed by atoms with Gasteiger partial charge in [0.25, 0.3) is 0 Å². The number of ether oxygens (including phenoxy) is 3. The van der Waals surface area contributed by atoms with Crippen LogP contribution in [0, 0.1) is 0 Å². The van der Waals surface area contributed by atoms with E-state index in [2.05, 4.69) is 0 Å². The van der Waals surface area contributed by atoms with E-state index in [9.17, 15) is 9.90 Å². The van der Waals surface area contributed by atoms with E-state index in [1.807, 2.05) is 0 Å². The van der Waals surface area contributed by atoms with Crippen LogP contribution >= 0.6 is 0 Å². The molecule has 0 heterocycles. The van der Waals surface area contributed by atoms with Crippen molar-refractivity contribution in [3.8, 4) is 17.2 Å². The first-order valence-corrected chi connectivity index (χ1v) is 8.04. The Morgan fingerprint density at radius 1 is 0.833 bits per heavy atom. The summed E-state index contributed by atoms with van der Waals surface area (Å²) in [6, 6.07) is 2.85. The maximum atomic E-state index is 11.3. The van der Waals surface area contributed by atoms with Gasteiger partial charge in [-0.2, -0.15) is 0 Å². The molecule has 0 fully saturated rings. The molecular weight excluding hydrogens is 314 g/mol. The quantitative estimate of drug-likeness (QED) is 0.381. The summed E-state index contributed by atoms with van der Waals surface area (Å²) in [5, 5.41) is 9.27. The molecule has 1 aromatic carbocycles. The minimum absolute atomic E-state index is 0.0617. The molecule has 0 saturated carbocycles. The number of carboxylic acid groups (broad SMARTS) is 1. The molecule has 0 spiro atoms. The van der Waals surface area contributed by atoms with E-state index in [-0.39, 0.29) is 5.56 Å². The summed E-state index contributed by atoms with van der Waals surface area (Å²) in [7, 11) is 0. The van der Waals surface area contributed by atoms with Crippen molar-refractivity contribution in [2.75, 3.05) is 39.5 Å². The second-order valence-electron chi connectivity index (χ2n) is 5.08. The minimum Gasteiger partial charge on any atom is -0.489 e. The Bertz CT molecular complexity index is 479. The van der Waals surface area contributed by atoms with Gasteiger partial charge >= 0.3 is 5.97 Å². The zero-order chi connectivity index (χ0) is 17.8. The molecule has 0 saturated heterocycles. The predicted octanol–water partition coefficient (Wildman–Crippen LogP) is 0.568. The van der Waals surface area contributed by atoms with E-state index in [0.29, 0.717) is 76.0 Å². The summed E-state index contributed by atoms with van der Waals surface area (Å²) in [6.07, 6.45) is 1.94. The first-order chi connectivity index (χ1) is 11.6. The highest BCUT2D eigenvalue weighted by Crippen LogP contribution is 2.39. The Morgan fingerprint density at radius 2 is 1.25 bits per heavy atom. The number of nitrogens with two attached hydrogens (primary N) is 3. The van der Waals surface area contributed by atoms with Crippen molar-refractivity contribution in [3.05, 3.63) is 17.7 Å². The smallest absolute Gasteiger partial charge is 0.335 e. The first kappa shape index (κ1) is 20.0. The van der Waals surface area contributed by atoms with Crippen molar-refractivity contribution in [2.24, 2.45) is 17.2 Å². The molecule has 1 rings (SSSR count). The molecule has 8 nitrogen and oxygen atoms in total. The van der Waals surface area contributed by atoms with Crippen LogP contribution in [0.5, 0.6) is 17.2 Å². The molecule has 0 bridgehead atoms. The molecule has 7 N–H and O–H groups in total. The van der Waals surface area contributed by atoms with Crippen molar-refractivity contribution in [2.45, 2.75) is 19.3 Å². The van der Waals surface area contributed by atoms with E-state index >= 15 is 0 Å². The summed E-state index contributed by atoms with van der Waals surface area (Å²) in [4.78, 5) is 11.3. The third-order valence-corrected chi connectivity index (χ3v) is 3.07. The zero-order valence-electron chi connectivity index (χ0n) is 13.8. The molecule has 0 unspecified atom stereocenters. The molecule has 0 aromatic heterocycles. The summed E-state index contributed by atoms with van der Waals surface area (Å²) in [5.41, 5.74) is 16.5. The van der Waals surface area contributed by atoms with Gasteiger partial charge in [0, 0.05) is 0 Å². The van der Waals surface area contributed by atoms with E-state index < -0.39 is 5.97 Å². The molecule has 0 atom stereocenters. The summed E-state index contributed by atoms with van der Waals surface area (Å²) >= 11 is 0. The highest BCUT2D eigenvalue weighted by Gasteiger charge is 2.18. The highest BCUT2D eigenvalue weighted by molar-refractivity contribution is 5.89. The van der Waals surface area contributed by atoms with Gasteiger partial charge in [-0.05, 0) is 51.0 Å². The molecule has 0 amide bonds. The number of benzene rings is 1. The molecule has 1 aromatic rings. The van der Waals surface area contributed by atoms with Crippen LogP contribution < -0.4 is 31.4 Å². The number of carboxylic acids is 1. The lowest BCUT2D eigenvalue weighted by Gasteiger charge is -2.18. The monoisotopic (exact) mass is 341 g/mol. The van der Waals surface area contributed by atoms with E-state index in [1.165, 1.54) is 12.1 Å². The third kappa shape index (κ3) is 6.61. The molecule has 24 heavy (non-hydrogen) atoms. The molecular formula is C16H27N3O5. The van der Waals surface area contributed by atoms with Gasteiger partial charge in [-0.3, -0.25) is 0 Å². The van der Waals surface area contributed by atoms with Crippen LogP contribution in [-0.4, -0.2) is 50.5 Å². The van der Waals surface area contributed by atoms with E-state index in [0.717, 1.165) is 0 Å². The standard InChI is InChI=1S/C16H27N3O5/c17-4-1-7-22-13-10-12(16(20)21)11-14(23-8-2-5-18)15(13)24-9-3-6-19/h10-11H,1-9,17-19H2,(H,20,21). The van der Waals surface area contributed by atoms with E-state index in [4.69, 9.17) is 31.4 Å². The zero-order valence-corrected chi connectivity index (χ0v) is 13.8. The second kappa shape index (κ2) is 11.5. The van der Waals surface area contributed by atoms with Crippen molar-refractivity contribution in [1.82, 2.24) is 0 Å². The van der Waals surface area contributed by atoms with Crippen LogP contribution in [0.25, 0.3) is 0 Å². The predicted molar refractivity (Wildman–Crippen MR) is 90.9 cm³/mol. The molecule has 8 heteroatoms. The Balaban J connectivity index is 3.08. The van der Waals surface area contributed by atoms with Crippen LogP contribution in [0.4, 0.5) is 0 Å². The fourth-order valence-corrected chi connectivity index (χ4v) is 1.85. The average Bonchev–Trinajstić information content (AvgIpc) is 2.56. The number of aromatic carboxylic acids is 1. The number of hydrogen-bond donors (Lipinski definition) is 4. The van der Waals surface area contributed by atoms with Crippen molar-refractivity contribution in [1.29, 1.82) is 0 Å². The van der Waals surface area contributed by atoms with Gasteiger partial charge in [-0.15, -0.1) is 0 Å². The van der Waals surface area contributed by atoms with Gasteiger partial charge in [0.2, 0.25) is 5.75 Å². The van der Waals surface area contributed by atoms with Gasteiger partial charge in [-0.1, -0.05) is 0 Å². The van der Waals surface area contributed by atoms with Crippen LogP contribution in [0.1, 0.15) is 29.6 Å². The fourth-order valence-electron chi connectivity index (χ4n) is 1.85. The van der Waals surface area contributed by atoms with E-state index in [1.54, 1.807) is 0 Å². The molecule has 0 aliphatic carbocycles. The second-order valence-corrected chi connectivity index (χ2v) is 5.08. The van der Waals surface area contributed by atoms with Crippen LogP contribution in [0.15, 0.2) is 12.1 Å². The SMILES string of the molecule is NCCCOc1cc(C(=O)O)cc(OCCCN)c1OCCCN. The largest absolute Gasteiger partial charge is 0.489 e. The van der Waals surface area contributed by atoms with Crippen LogP contribution in [0.2, 0.25) is 0 Å². The summed E-state index contributed by atoms with van der Waals surface area (Å²) in [6.45, 7) is 2.52. The maximum Gasteiger partial charge on any atom is 0.335 e. The van der Waals surface area contributed by atoms with Crippen molar-refractivity contribution in [3.63, 3.8) is 0 Å². The van der Waals surface area contributed by atoms with Crippen LogP contribution in [0.3, 0.4) is 0 Å². The lowest BCUT2D eigenvalue weighted by atomic mass is 10.2.